The van der Waals surface area contributed by atoms with Gasteiger partial charge in [0.05, 0.1) is 11.7 Å². The van der Waals surface area contributed by atoms with Crippen LogP contribution < -0.4 is 11.1 Å². The van der Waals surface area contributed by atoms with Crippen molar-refractivity contribution in [2.45, 2.75) is 26.4 Å². The summed E-state index contributed by atoms with van der Waals surface area (Å²) in [4.78, 5) is 19.0. The van der Waals surface area contributed by atoms with Gasteiger partial charge >= 0.3 is 0 Å². The van der Waals surface area contributed by atoms with Gasteiger partial charge < -0.3 is 21.1 Å². The summed E-state index contributed by atoms with van der Waals surface area (Å²) in [5.74, 6) is 6.60. The number of pyridine rings is 1. The Bertz CT molecular complexity index is 1160. The molecule has 32 heavy (non-hydrogen) atoms. The third-order valence-corrected chi connectivity index (χ3v) is 5.54. The minimum absolute atomic E-state index is 0.217. The molecule has 0 aliphatic heterocycles. The highest BCUT2D eigenvalue weighted by Gasteiger charge is 2.11. The molecule has 1 aromatic heterocycles. The van der Waals surface area contributed by atoms with Crippen LogP contribution in [0.1, 0.15) is 40.4 Å². The van der Waals surface area contributed by atoms with Gasteiger partial charge in [-0.3, -0.25) is 4.79 Å². The molecule has 4 N–H and O–H groups in total. The highest BCUT2D eigenvalue weighted by Crippen LogP contribution is 2.22. The second kappa shape index (κ2) is 10.8. The third kappa shape index (κ3) is 5.85. The van der Waals surface area contributed by atoms with Gasteiger partial charge in [-0.1, -0.05) is 49.1 Å². The maximum absolute atomic E-state index is 12.6. The monoisotopic (exact) mass is 430 g/mol. The fraction of sp³-hybridized carbons (Fsp3) is 0.308. The SMILES string of the molecule is CCN(C)CCC(O)CNC(=O)c1ccc(C)c(C#Cc2cnc(N)c3ccccc23)c1. The maximum Gasteiger partial charge on any atom is 0.251 e. The van der Waals surface area contributed by atoms with E-state index >= 15 is 0 Å². The number of hydrogen-bond acceptors (Lipinski definition) is 5. The molecule has 3 aromatic rings. The number of aryl methyl sites for hydroxylation is 1. The summed E-state index contributed by atoms with van der Waals surface area (Å²) in [6, 6.07) is 13.2. The van der Waals surface area contributed by atoms with E-state index in [0.717, 1.165) is 40.6 Å². The molecular formula is C26H30N4O2. The number of fused-ring (bicyclic) bond motifs is 1. The number of benzene rings is 2. The van der Waals surface area contributed by atoms with E-state index in [9.17, 15) is 9.90 Å². The number of carbonyl (C=O) groups is 1. The van der Waals surface area contributed by atoms with Crippen LogP contribution in [0.3, 0.4) is 0 Å². The van der Waals surface area contributed by atoms with Crippen LogP contribution in [0.4, 0.5) is 5.82 Å². The van der Waals surface area contributed by atoms with Crippen molar-refractivity contribution in [2.24, 2.45) is 0 Å². The molecule has 0 fully saturated rings. The van der Waals surface area contributed by atoms with Gasteiger partial charge in [-0.2, -0.15) is 0 Å². The van der Waals surface area contributed by atoms with E-state index in [2.05, 4.69) is 34.0 Å². The first-order valence-corrected chi connectivity index (χ1v) is 10.8. The van der Waals surface area contributed by atoms with Gasteiger partial charge in [0, 0.05) is 41.2 Å². The molecule has 0 aliphatic carbocycles. The maximum atomic E-state index is 12.6. The summed E-state index contributed by atoms with van der Waals surface area (Å²) >= 11 is 0. The Morgan fingerprint density at radius 1 is 1.19 bits per heavy atom. The van der Waals surface area contributed by atoms with Crippen molar-refractivity contribution >= 4 is 22.5 Å². The normalized spacial score (nSPS) is 11.8. The van der Waals surface area contributed by atoms with Crippen LogP contribution in [-0.4, -0.2) is 53.7 Å². The number of aliphatic hydroxyl groups is 1. The molecule has 0 saturated carbocycles. The number of hydrogen-bond donors (Lipinski definition) is 3. The van der Waals surface area contributed by atoms with Gasteiger partial charge in [-0.05, 0) is 44.6 Å². The lowest BCUT2D eigenvalue weighted by atomic mass is 10.0. The minimum atomic E-state index is -0.580. The van der Waals surface area contributed by atoms with E-state index in [-0.39, 0.29) is 12.5 Å². The first-order valence-electron chi connectivity index (χ1n) is 10.8. The van der Waals surface area contributed by atoms with Gasteiger partial charge in [0.2, 0.25) is 0 Å². The van der Waals surface area contributed by atoms with Crippen LogP contribution >= 0.6 is 0 Å². The van der Waals surface area contributed by atoms with Gasteiger partial charge in [0.1, 0.15) is 5.82 Å². The van der Waals surface area contributed by atoms with Crippen molar-refractivity contribution < 1.29 is 9.90 Å². The molecule has 0 aliphatic rings. The molecule has 1 heterocycles. The van der Waals surface area contributed by atoms with Crippen molar-refractivity contribution in [1.82, 2.24) is 15.2 Å². The number of nitrogens with two attached hydrogens (primary N) is 1. The Labute approximate surface area is 189 Å². The first-order chi connectivity index (χ1) is 15.4. The van der Waals surface area contributed by atoms with Gasteiger partial charge in [-0.25, -0.2) is 4.98 Å². The van der Waals surface area contributed by atoms with E-state index < -0.39 is 6.10 Å². The Kier molecular flexibility index (Phi) is 7.82. The molecule has 0 bridgehead atoms. The smallest absolute Gasteiger partial charge is 0.251 e. The largest absolute Gasteiger partial charge is 0.391 e. The average Bonchev–Trinajstić information content (AvgIpc) is 2.81. The molecule has 1 unspecified atom stereocenters. The predicted octanol–water partition coefficient (Wildman–Crippen LogP) is 2.96. The highest BCUT2D eigenvalue weighted by molar-refractivity contribution is 5.95. The van der Waals surface area contributed by atoms with Crippen LogP contribution in [0.2, 0.25) is 0 Å². The minimum Gasteiger partial charge on any atom is -0.391 e. The van der Waals surface area contributed by atoms with Crippen molar-refractivity contribution in [1.29, 1.82) is 0 Å². The summed E-state index contributed by atoms with van der Waals surface area (Å²) < 4.78 is 0. The topological polar surface area (TPSA) is 91.5 Å². The predicted molar refractivity (Wildman–Crippen MR) is 129 cm³/mol. The lowest BCUT2D eigenvalue weighted by Gasteiger charge is -2.17. The van der Waals surface area contributed by atoms with Gasteiger partial charge in [0.25, 0.3) is 5.91 Å². The van der Waals surface area contributed by atoms with Crippen LogP contribution in [0, 0.1) is 18.8 Å². The number of nitrogen functional groups attached to an aromatic ring is 1. The zero-order valence-electron chi connectivity index (χ0n) is 18.9. The summed E-state index contributed by atoms with van der Waals surface area (Å²) in [6.45, 7) is 5.95. The number of amides is 1. The summed E-state index contributed by atoms with van der Waals surface area (Å²) in [7, 11) is 2.00. The third-order valence-electron chi connectivity index (χ3n) is 5.54. The summed E-state index contributed by atoms with van der Waals surface area (Å²) in [5, 5.41) is 14.8. The molecule has 1 atom stereocenters. The zero-order chi connectivity index (χ0) is 23.1. The highest BCUT2D eigenvalue weighted by atomic mass is 16.3. The van der Waals surface area contributed by atoms with Crippen LogP contribution in [0.5, 0.6) is 0 Å². The number of aliphatic hydroxyl groups excluding tert-OH is 1. The van der Waals surface area contributed by atoms with Crippen molar-refractivity contribution in [3.63, 3.8) is 0 Å². The van der Waals surface area contributed by atoms with E-state index in [0.29, 0.717) is 17.8 Å². The second-order valence-corrected chi connectivity index (χ2v) is 7.93. The molecule has 0 spiro atoms. The van der Waals surface area contributed by atoms with Crippen molar-refractivity contribution in [3.8, 4) is 11.8 Å². The summed E-state index contributed by atoms with van der Waals surface area (Å²) in [6.07, 6.45) is 1.70. The molecule has 3 rings (SSSR count). The Balaban J connectivity index is 1.74. The molecule has 1 amide bonds. The van der Waals surface area contributed by atoms with Crippen LogP contribution in [0.15, 0.2) is 48.7 Å². The van der Waals surface area contributed by atoms with E-state index in [4.69, 9.17) is 5.73 Å². The fourth-order valence-corrected chi connectivity index (χ4v) is 3.29. The average molecular weight is 431 g/mol. The number of carbonyl (C=O) groups excluding carboxylic acids is 1. The van der Waals surface area contributed by atoms with E-state index in [1.165, 1.54) is 0 Å². The van der Waals surface area contributed by atoms with Crippen molar-refractivity contribution in [2.75, 3.05) is 32.4 Å². The standard InChI is InChI=1S/C26H30N4O2/c1-4-30(3)14-13-22(31)17-29-26(32)20-10-9-18(2)19(15-20)11-12-21-16-28-25(27)24-8-6-5-7-23(21)24/h5-10,15-16,22,31H,4,13-14,17H2,1-3H3,(H2,27,28)(H,29,32). The Morgan fingerprint density at radius 2 is 1.91 bits per heavy atom. The second-order valence-electron chi connectivity index (χ2n) is 7.93. The first kappa shape index (κ1) is 23.3. The van der Waals surface area contributed by atoms with E-state index in [1.807, 2.05) is 44.3 Å². The van der Waals surface area contributed by atoms with Crippen LogP contribution in [-0.2, 0) is 0 Å². The van der Waals surface area contributed by atoms with Crippen molar-refractivity contribution in [3.05, 3.63) is 70.9 Å². The fourth-order valence-electron chi connectivity index (χ4n) is 3.29. The van der Waals surface area contributed by atoms with Gasteiger partial charge in [0.15, 0.2) is 0 Å². The Morgan fingerprint density at radius 3 is 2.66 bits per heavy atom. The lowest BCUT2D eigenvalue weighted by Crippen LogP contribution is -2.34. The molecule has 166 valence electrons. The Hall–Kier alpha value is -3.40. The molecule has 2 aromatic carbocycles. The number of aromatic nitrogens is 1. The van der Waals surface area contributed by atoms with E-state index in [1.54, 1.807) is 18.3 Å². The molecule has 0 saturated heterocycles. The number of anilines is 1. The quantitative estimate of drug-likeness (QED) is 0.501. The van der Waals surface area contributed by atoms with Gasteiger partial charge in [-0.15, -0.1) is 0 Å². The number of nitrogens with one attached hydrogen (secondary N) is 1. The zero-order valence-corrected chi connectivity index (χ0v) is 18.9. The lowest BCUT2D eigenvalue weighted by molar-refractivity contribution is 0.0903. The summed E-state index contributed by atoms with van der Waals surface area (Å²) in [5.41, 5.74) is 9.01. The molecule has 0 radical (unpaired) electrons. The van der Waals surface area contributed by atoms with Crippen LogP contribution in [0.25, 0.3) is 10.8 Å². The molecule has 6 heteroatoms. The number of rotatable bonds is 7. The number of nitrogens with zero attached hydrogens (tertiary/aromatic N) is 2. The molecule has 6 nitrogen and oxygen atoms in total. The molecular weight excluding hydrogens is 400 g/mol.